The Morgan fingerprint density at radius 1 is 1.43 bits per heavy atom. The highest BCUT2D eigenvalue weighted by Crippen LogP contribution is 2.57. The van der Waals surface area contributed by atoms with Crippen LogP contribution in [0.15, 0.2) is 41.3 Å². The van der Waals surface area contributed by atoms with E-state index in [9.17, 15) is 19.6 Å². The summed E-state index contributed by atoms with van der Waals surface area (Å²) in [6.45, 7) is 1.10. The molecule has 5 N–H and O–H groups in total. The van der Waals surface area contributed by atoms with Crippen LogP contribution >= 0.6 is 19.4 Å². The maximum absolute atomic E-state index is 13.1. The SMILES string of the molecule is C[C@@]1(O)[C@H](O)[C@@H](COP2(=O)OCCC(c3cccc(Cl)c3)O2)O[C@H]1n1ccc2c(=O)[nH]c(N)nc21. The van der Waals surface area contributed by atoms with Gasteiger partial charge in [-0.15, -0.1) is 0 Å². The quantitative estimate of drug-likeness (QED) is 0.361. The van der Waals surface area contributed by atoms with Gasteiger partial charge >= 0.3 is 7.82 Å². The number of hydrogen-bond acceptors (Lipinski definition) is 10. The summed E-state index contributed by atoms with van der Waals surface area (Å²) in [5.41, 5.74) is 4.29. The number of nitrogen functional groups attached to an aromatic ring is 1. The van der Waals surface area contributed by atoms with Crippen molar-refractivity contribution >= 4 is 36.4 Å². The van der Waals surface area contributed by atoms with Crippen molar-refractivity contribution in [3.05, 3.63) is 57.5 Å². The van der Waals surface area contributed by atoms with E-state index in [4.69, 9.17) is 35.6 Å². The van der Waals surface area contributed by atoms with Gasteiger partial charge in [0.25, 0.3) is 5.56 Å². The smallest absolute Gasteiger partial charge is 0.387 e. The van der Waals surface area contributed by atoms with Crippen LogP contribution in [0, 0.1) is 0 Å². The van der Waals surface area contributed by atoms with Gasteiger partial charge in [0.2, 0.25) is 5.95 Å². The molecule has 6 atom stereocenters. The monoisotopic (exact) mass is 526 g/mol. The van der Waals surface area contributed by atoms with Crippen LogP contribution in [0.5, 0.6) is 0 Å². The third-order valence-corrected chi connectivity index (χ3v) is 7.82. The summed E-state index contributed by atoms with van der Waals surface area (Å²) in [4.78, 5) is 18.7. The van der Waals surface area contributed by atoms with Gasteiger partial charge in [-0.25, -0.2) is 4.57 Å². The van der Waals surface area contributed by atoms with Crippen molar-refractivity contribution in [2.45, 2.75) is 43.5 Å². The van der Waals surface area contributed by atoms with Crippen molar-refractivity contribution in [2.24, 2.45) is 0 Å². The van der Waals surface area contributed by atoms with Gasteiger partial charge in [-0.05, 0) is 30.7 Å². The van der Waals surface area contributed by atoms with Gasteiger partial charge in [0.05, 0.1) is 24.7 Å². The van der Waals surface area contributed by atoms with Crippen molar-refractivity contribution in [3.63, 3.8) is 0 Å². The Hall–Kier alpha value is -2.28. The molecule has 14 heteroatoms. The number of ether oxygens (including phenoxy) is 1. The second-order valence-electron chi connectivity index (χ2n) is 8.62. The minimum absolute atomic E-state index is 0.112. The zero-order chi connectivity index (χ0) is 25.0. The van der Waals surface area contributed by atoms with Crippen LogP contribution in [0.2, 0.25) is 5.02 Å². The average Bonchev–Trinajstić information content (AvgIpc) is 3.31. The summed E-state index contributed by atoms with van der Waals surface area (Å²) in [6, 6.07) is 8.48. The van der Waals surface area contributed by atoms with E-state index in [1.165, 1.54) is 23.8 Å². The number of halogens is 1. The lowest BCUT2D eigenvalue weighted by Gasteiger charge is -2.30. The predicted octanol–water partition coefficient (Wildman–Crippen LogP) is 2.27. The van der Waals surface area contributed by atoms with Gasteiger partial charge in [0.15, 0.2) is 11.9 Å². The summed E-state index contributed by atoms with van der Waals surface area (Å²) in [5, 5.41) is 22.6. The lowest BCUT2D eigenvalue weighted by Crippen LogP contribution is -2.44. The minimum Gasteiger partial charge on any atom is -0.387 e. The van der Waals surface area contributed by atoms with Crippen molar-refractivity contribution in [1.82, 2.24) is 14.5 Å². The Balaban J connectivity index is 1.33. The number of hydrogen-bond donors (Lipinski definition) is 4. The maximum atomic E-state index is 13.1. The molecular formula is C21H24ClN4O8P. The van der Waals surface area contributed by atoms with Crippen LogP contribution in [-0.4, -0.2) is 55.8 Å². The molecule has 0 saturated carbocycles. The summed E-state index contributed by atoms with van der Waals surface area (Å²) in [5.74, 6) is -0.112. The number of aliphatic hydroxyl groups is 2. The number of phosphoric ester groups is 1. The van der Waals surface area contributed by atoms with Crippen LogP contribution in [0.3, 0.4) is 0 Å². The van der Waals surface area contributed by atoms with E-state index in [-0.39, 0.29) is 23.6 Å². The number of phosphoric acid groups is 1. The average molecular weight is 527 g/mol. The molecule has 188 valence electrons. The first-order valence-electron chi connectivity index (χ1n) is 10.8. The van der Waals surface area contributed by atoms with Gasteiger partial charge in [0.1, 0.15) is 17.8 Å². The van der Waals surface area contributed by atoms with Crippen molar-refractivity contribution in [2.75, 3.05) is 18.9 Å². The number of aromatic nitrogens is 3. The highest BCUT2D eigenvalue weighted by molar-refractivity contribution is 7.48. The third kappa shape index (κ3) is 4.52. The zero-order valence-corrected chi connectivity index (χ0v) is 20.2. The number of aliphatic hydroxyl groups excluding tert-OH is 1. The molecule has 4 heterocycles. The van der Waals surface area contributed by atoms with Crippen molar-refractivity contribution < 1.29 is 33.1 Å². The number of anilines is 1. The van der Waals surface area contributed by atoms with E-state index in [0.717, 1.165) is 5.56 Å². The first kappa shape index (κ1) is 24.4. The Morgan fingerprint density at radius 3 is 3.00 bits per heavy atom. The van der Waals surface area contributed by atoms with E-state index in [2.05, 4.69) is 9.97 Å². The minimum atomic E-state index is -4.00. The number of H-pyrrole nitrogens is 1. The van der Waals surface area contributed by atoms with E-state index >= 15 is 0 Å². The van der Waals surface area contributed by atoms with Crippen LogP contribution in [0.4, 0.5) is 5.95 Å². The fourth-order valence-electron chi connectivity index (χ4n) is 4.30. The molecule has 2 saturated heterocycles. The molecule has 2 fully saturated rings. The summed E-state index contributed by atoms with van der Waals surface area (Å²) < 4.78 is 36.8. The molecule has 0 spiro atoms. The van der Waals surface area contributed by atoms with Crippen LogP contribution in [-0.2, 0) is 22.9 Å². The van der Waals surface area contributed by atoms with Crippen LogP contribution < -0.4 is 11.3 Å². The molecule has 2 aliphatic heterocycles. The van der Waals surface area contributed by atoms with Crippen molar-refractivity contribution in [3.8, 4) is 0 Å². The maximum Gasteiger partial charge on any atom is 0.475 e. The molecule has 2 aromatic heterocycles. The fourth-order valence-corrected chi connectivity index (χ4v) is 5.90. The van der Waals surface area contributed by atoms with Crippen LogP contribution in [0.1, 0.15) is 31.2 Å². The first-order chi connectivity index (χ1) is 16.6. The number of rotatable bonds is 5. The number of nitrogens with two attached hydrogens (primary N) is 1. The third-order valence-electron chi connectivity index (χ3n) is 6.11. The summed E-state index contributed by atoms with van der Waals surface area (Å²) in [6.07, 6.45) is -2.30. The molecule has 0 bridgehead atoms. The van der Waals surface area contributed by atoms with Crippen molar-refractivity contribution in [1.29, 1.82) is 0 Å². The van der Waals surface area contributed by atoms with E-state index in [0.29, 0.717) is 11.4 Å². The van der Waals surface area contributed by atoms with Gasteiger partial charge in [-0.1, -0.05) is 23.7 Å². The van der Waals surface area contributed by atoms with Gasteiger partial charge in [0, 0.05) is 17.6 Å². The van der Waals surface area contributed by atoms with E-state index in [1.807, 2.05) is 0 Å². The van der Waals surface area contributed by atoms with Crippen LogP contribution in [0.25, 0.3) is 11.0 Å². The molecule has 2 aliphatic rings. The molecule has 0 radical (unpaired) electrons. The highest BCUT2D eigenvalue weighted by Gasteiger charge is 2.54. The molecule has 0 amide bonds. The molecule has 0 aliphatic carbocycles. The number of fused-ring (bicyclic) bond motifs is 1. The Labute approximate surface area is 204 Å². The molecule has 3 aromatic rings. The number of nitrogens with one attached hydrogen (secondary N) is 1. The Morgan fingerprint density at radius 2 is 2.23 bits per heavy atom. The molecule has 2 unspecified atom stereocenters. The molecule has 5 rings (SSSR count). The zero-order valence-electron chi connectivity index (χ0n) is 18.5. The van der Waals surface area contributed by atoms with Gasteiger partial charge in [-0.3, -0.25) is 23.3 Å². The fraction of sp³-hybridized carbons (Fsp3) is 0.429. The number of nitrogens with zero attached hydrogens (tertiary/aromatic N) is 2. The van der Waals surface area contributed by atoms with Gasteiger partial charge in [-0.2, -0.15) is 4.98 Å². The largest absolute Gasteiger partial charge is 0.475 e. The molecule has 35 heavy (non-hydrogen) atoms. The Bertz CT molecular complexity index is 1360. The molecule has 12 nitrogen and oxygen atoms in total. The first-order valence-corrected chi connectivity index (χ1v) is 12.7. The highest BCUT2D eigenvalue weighted by atomic mass is 35.5. The standard InChI is InChI=1S/C21H24ClN4O8P/c1-21(29)16(27)15(33-19(21)26-7-5-13-17(26)24-20(23)25-18(13)28)10-32-35(30)31-8-6-14(34-35)11-3-2-4-12(22)9-11/h2-5,7,9,14-16,19,27,29H,6,8,10H2,1H3,(H3,23,24,25,28)/t14?,15-,16-,19-,21-,35?/m1/s1. The second kappa shape index (κ2) is 8.99. The Kier molecular flexibility index (Phi) is 6.27. The normalized spacial score (nSPS) is 33.4. The summed E-state index contributed by atoms with van der Waals surface area (Å²) in [7, 11) is -4.00. The van der Waals surface area contributed by atoms with E-state index < -0.39 is 50.1 Å². The predicted molar refractivity (Wildman–Crippen MR) is 125 cm³/mol. The second-order valence-corrected chi connectivity index (χ2v) is 10.7. The van der Waals surface area contributed by atoms with Gasteiger partial charge < -0.3 is 25.3 Å². The topological polar surface area (TPSA) is 171 Å². The lowest BCUT2D eigenvalue weighted by atomic mass is 9.96. The summed E-state index contributed by atoms with van der Waals surface area (Å²) >= 11 is 6.05. The molecular weight excluding hydrogens is 503 g/mol. The van der Waals surface area contributed by atoms with E-state index in [1.54, 1.807) is 24.3 Å². The number of aromatic amines is 1. The lowest BCUT2D eigenvalue weighted by molar-refractivity contribution is -0.0950. The molecule has 1 aromatic carbocycles. The number of benzene rings is 1.